The predicted molar refractivity (Wildman–Crippen MR) is 66.8 cm³/mol. The van der Waals surface area contributed by atoms with E-state index in [1.807, 2.05) is 20.8 Å². The van der Waals surface area contributed by atoms with Gasteiger partial charge in [-0.3, -0.25) is 4.90 Å². The quantitative estimate of drug-likeness (QED) is 0.531. The molecule has 0 radical (unpaired) electrons. The minimum atomic E-state index is -0.507. The third kappa shape index (κ3) is 4.61. The molecule has 1 aliphatic rings. The first kappa shape index (κ1) is 14.3. The summed E-state index contributed by atoms with van der Waals surface area (Å²) in [5.74, 6) is -0.389. The summed E-state index contributed by atoms with van der Waals surface area (Å²) in [5.41, 5.74) is 0.328. The summed E-state index contributed by atoms with van der Waals surface area (Å²) in [6.07, 6.45) is 4.97. The number of allylic oxidation sites excluding steroid dienone is 1. The Bertz CT molecular complexity index is 390. The number of nitrogens with zero attached hydrogens (tertiary/aromatic N) is 1. The van der Waals surface area contributed by atoms with Gasteiger partial charge in [0.15, 0.2) is 0 Å². The maximum Gasteiger partial charge on any atom is 0.414 e. The highest BCUT2D eigenvalue weighted by molar-refractivity contribution is 5.83. The molecule has 0 bridgehead atoms. The summed E-state index contributed by atoms with van der Waals surface area (Å²) in [6, 6.07) is 0. The van der Waals surface area contributed by atoms with Crippen molar-refractivity contribution in [3.8, 4) is 0 Å². The van der Waals surface area contributed by atoms with Crippen molar-refractivity contribution in [1.29, 1.82) is 0 Å². The van der Waals surface area contributed by atoms with Crippen LogP contribution in [0.25, 0.3) is 0 Å². The van der Waals surface area contributed by atoms with Crippen molar-refractivity contribution in [2.75, 3.05) is 13.7 Å². The molecule has 0 aromatic rings. The standard InChI is InChI=1S/C13H19NO4/c1-13(2,3)18-12(16)14-7-5-10(6-8-14)9-11(15)17-4/h5,7,9H,6,8H2,1-4H3. The van der Waals surface area contributed by atoms with E-state index in [0.29, 0.717) is 13.0 Å². The monoisotopic (exact) mass is 253 g/mol. The van der Waals surface area contributed by atoms with Gasteiger partial charge >= 0.3 is 12.1 Å². The second-order valence-electron chi connectivity index (χ2n) is 4.98. The number of amides is 1. The second kappa shape index (κ2) is 5.71. The lowest BCUT2D eigenvalue weighted by molar-refractivity contribution is -0.134. The lowest BCUT2D eigenvalue weighted by atomic mass is 10.1. The van der Waals surface area contributed by atoms with E-state index in [1.54, 1.807) is 12.3 Å². The van der Waals surface area contributed by atoms with Crippen LogP contribution in [0.3, 0.4) is 0 Å². The molecule has 1 aliphatic heterocycles. The molecule has 0 spiro atoms. The predicted octanol–water partition coefficient (Wildman–Crippen LogP) is 2.24. The summed E-state index contributed by atoms with van der Waals surface area (Å²) in [6.45, 7) is 5.96. The number of carbonyl (C=O) groups excluding carboxylic acids is 2. The molecule has 0 saturated carbocycles. The normalized spacial score (nSPS) is 17.8. The molecule has 1 heterocycles. The molecule has 5 heteroatoms. The Morgan fingerprint density at radius 3 is 2.50 bits per heavy atom. The Hall–Kier alpha value is -1.78. The first-order valence-corrected chi connectivity index (χ1v) is 5.78. The zero-order valence-electron chi connectivity index (χ0n) is 11.2. The molecule has 0 N–H and O–H groups in total. The molecule has 0 fully saturated rings. The Morgan fingerprint density at radius 2 is 2.06 bits per heavy atom. The molecule has 0 saturated heterocycles. The lowest BCUT2D eigenvalue weighted by Gasteiger charge is -2.27. The highest BCUT2D eigenvalue weighted by Crippen LogP contribution is 2.16. The molecule has 0 unspecified atom stereocenters. The average molecular weight is 253 g/mol. The van der Waals surface area contributed by atoms with E-state index in [9.17, 15) is 9.59 Å². The van der Waals surface area contributed by atoms with Crippen LogP contribution >= 0.6 is 0 Å². The highest BCUT2D eigenvalue weighted by atomic mass is 16.6. The smallest absolute Gasteiger partial charge is 0.414 e. The van der Waals surface area contributed by atoms with Crippen LogP contribution in [0.5, 0.6) is 0 Å². The van der Waals surface area contributed by atoms with E-state index in [-0.39, 0.29) is 12.1 Å². The van der Waals surface area contributed by atoms with Gasteiger partial charge in [-0.1, -0.05) is 0 Å². The van der Waals surface area contributed by atoms with Gasteiger partial charge in [0.2, 0.25) is 0 Å². The van der Waals surface area contributed by atoms with Gasteiger partial charge in [-0.05, 0) is 38.8 Å². The number of hydrogen-bond donors (Lipinski definition) is 0. The fourth-order valence-electron chi connectivity index (χ4n) is 1.40. The van der Waals surface area contributed by atoms with Crippen molar-refractivity contribution in [3.05, 3.63) is 23.9 Å². The highest BCUT2D eigenvalue weighted by Gasteiger charge is 2.22. The van der Waals surface area contributed by atoms with E-state index in [0.717, 1.165) is 5.57 Å². The average Bonchev–Trinajstić information content (AvgIpc) is 2.27. The number of methoxy groups -OCH3 is 1. The number of hydrogen-bond acceptors (Lipinski definition) is 4. The van der Waals surface area contributed by atoms with Crippen molar-refractivity contribution in [1.82, 2.24) is 4.90 Å². The topological polar surface area (TPSA) is 55.8 Å². The van der Waals surface area contributed by atoms with Crippen molar-refractivity contribution < 1.29 is 19.1 Å². The zero-order chi connectivity index (χ0) is 13.8. The van der Waals surface area contributed by atoms with Crippen molar-refractivity contribution in [2.24, 2.45) is 0 Å². The Labute approximate surface area is 107 Å². The van der Waals surface area contributed by atoms with Crippen molar-refractivity contribution in [3.63, 3.8) is 0 Å². The van der Waals surface area contributed by atoms with Crippen LogP contribution in [0.2, 0.25) is 0 Å². The Morgan fingerprint density at radius 1 is 1.39 bits per heavy atom. The second-order valence-corrected chi connectivity index (χ2v) is 4.98. The van der Waals surface area contributed by atoms with Crippen LogP contribution in [-0.4, -0.2) is 36.2 Å². The van der Waals surface area contributed by atoms with Gasteiger partial charge in [0.05, 0.1) is 7.11 Å². The number of esters is 1. The maximum absolute atomic E-state index is 11.7. The summed E-state index contributed by atoms with van der Waals surface area (Å²) in [7, 11) is 1.33. The van der Waals surface area contributed by atoms with E-state index >= 15 is 0 Å². The third-order valence-electron chi connectivity index (χ3n) is 2.24. The number of rotatable bonds is 1. The first-order valence-electron chi connectivity index (χ1n) is 5.78. The fourth-order valence-corrected chi connectivity index (χ4v) is 1.40. The molecule has 100 valence electrons. The lowest BCUT2D eigenvalue weighted by Crippen LogP contribution is -2.35. The van der Waals surface area contributed by atoms with E-state index in [1.165, 1.54) is 18.1 Å². The minimum absolute atomic E-state index is 0.379. The summed E-state index contributed by atoms with van der Waals surface area (Å²) < 4.78 is 9.78. The molecule has 0 aliphatic carbocycles. The van der Waals surface area contributed by atoms with Gasteiger partial charge in [0.1, 0.15) is 5.60 Å². The molecule has 0 atom stereocenters. The maximum atomic E-state index is 11.7. The van der Waals surface area contributed by atoms with E-state index in [4.69, 9.17) is 4.74 Å². The van der Waals surface area contributed by atoms with Crippen LogP contribution in [0.15, 0.2) is 23.9 Å². The van der Waals surface area contributed by atoms with Gasteiger partial charge in [0, 0.05) is 18.8 Å². The SMILES string of the molecule is COC(=O)C=C1C=CN(C(=O)OC(C)(C)C)CC1. The third-order valence-corrected chi connectivity index (χ3v) is 2.24. The van der Waals surface area contributed by atoms with Gasteiger partial charge in [-0.15, -0.1) is 0 Å². The summed E-state index contributed by atoms with van der Waals surface area (Å²) in [5, 5.41) is 0. The fraction of sp³-hybridized carbons (Fsp3) is 0.538. The van der Waals surface area contributed by atoms with E-state index in [2.05, 4.69) is 4.74 Å². The van der Waals surface area contributed by atoms with E-state index < -0.39 is 5.60 Å². The Balaban J connectivity index is 2.61. The molecule has 1 rings (SSSR count). The Kier molecular flexibility index (Phi) is 4.53. The first-order chi connectivity index (χ1) is 8.31. The van der Waals surface area contributed by atoms with Gasteiger partial charge < -0.3 is 9.47 Å². The van der Waals surface area contributed by atoms with Crippen molar-refractivity contribution >= 4 is 12.1 Å². The summed E-state index contributed by atoms with van der Waals surface area (Å²) >= 11 is 0. The minimum Gasteiger partial charge on any atom is -0.466 e. The molecule has 0 aromatic carbocycles. The summed E-state index contributed by atoms with van der Waals surface area (Å²) in [4.78, 5) is 24.3. The molecule has 1 amide bonds. The van der Waals surface area contributed by atoms with Crippen molar-refractivity contribution in [2.45, 2.75) is 32.8 Å². The number of ether oxygens (including phenoxy) is 2. The van der Waals surface area contributed by atoms with Crippen LogP contribution in [0, 0.1) is 0 Å². The number of carbonyl (C=O) groups is 2. The molecule has 18 heavy (non-hydrogen) atoms. The van der Waals surface area contributed by atoms with Crippen LogP contribution in [0.1, 0.15) is 27.2 Å². The van der Waals surface area contributed by atoms with Gasteiger partial charge in [-0.25, -0.2) is 9.59 Å². The zero-order valence-corrected chi connectivity index (χ0v) is 11.2. The molecular formula is C13H19NO4. The molecule has 5 nitrogen and oxygen atoms in total. The van der Waals surface area contributed by atoms with Gasteiger partial charge in [-0.2, -0.15) is 0 Å². The molecular weight excluding hydrogens is 234 g/mol. The largest absolute Gasteiger partial charge is 0.466 e. The van der Waals surface area contributed by atoms with Gasteiger partial charge in [0.25, 0.3) is 0 Å². The van der Waals surface area contributed by atoms with Crippen LogP contribution < -0.4 is 0 Å². The molecule has 0 aromatic heterocycles. The van der Waals surface area contributed by atoms with Crippen LogP contribution in [-0.2, 0) is 14.3 Å². The van der Waals surface area contributed by atoms with Crippen LogP contribution in [0.4, 0.5) is 4.79 Å².